The fourth-order valence-corrected chi connectivity index (χ4v) is 2.21. The molecule has 0 fully saturated rings. The van der Waals surface area contributed by atoms with E-state index in [0.717, 1.165) is 26.1 Å². The van der Waals surface area contributed by atoms with Gasteiger partial charge in [0.15, 0.2) is 0 Å². The number of thioether (sulfide) groups is 1. The highest BCUT2D eigenvalue weighted by molar-refractivity contribution is 8.02. The Balaban J connectivity index is 2.67. The van der Waals surface area contributed by atoms with Crippen LogP contribution in [0.3, 0.4) is 0 Å². The molecule has 0 aromatic rings. The molecular formula is C11H15NS. The summed E-state index contributed by atoms with van der Waals surface area (Å²) in [5, 5.41) is 0. The van der Waals surface area contributed by atoms with Crippen molar-refractivity contribution in [2.75, 3.05) is 25.9 Å². The van der Waals surface area contributed by atoms with Crippen molar-refractivity contribution in [3.8, 4) is 12.3 Å². The van der Waals surface area contributed by atoms with Gasteiger partial charge in [0.1, 0.15) is 0 Å². The zero-order valence-electron chi connectivity index (χ0n) is 8.05. The van der Waals surface area contributed by atoms with Crippen molar-refractivity contribution in [1.29, 1.82) is 0 Å². The van der Waals surface area contributed by atoms with E-state index in [0.29, 0.717) is 0 Å². The number of hydrogen-bond donors (Lipinski definition) is 0. The van der Waals surface area contributed by atoms with Crippen molar-refractivity contribution < 1.29 is 0 Å². The van der Waals surface area contributed by atoms with Gasteiger partial charge in [-0.1, -0.05) is 18.6 Å². The molecule has 0 aromatic heterocycles. The van der Waals surface area contributed by atoms with Crippen molar-refractivity contribution in [1.82, 2.24) is 4.90 Å². The van der Waals surface area contributed by atoms with Gasteiger partial charge in [-0.05, 0) is 23.2 Å². The molecule has 0 unspecified atom stereocenters. The average molecular weight is 193 g/mol. The van der Waals surface area contributed by atoms with Gasteiger partial charge in [0.25, 0.3) is 0 Å². The Bertz CT molecular complexity index is 260. The highest BCUT2D eigenvalue weighted by Gasteiger charge is 2.15. The molecule has 0 bridgehead atoms. The maximum absolute atomic E-state index is 5.27. The molecule has 1 nitrogen and oxygen atoms in total. The van der Waals surface area contributed by atoms with Crippen LogP contribution in [0.15, 0.2) is 23.1 Å². The Morgan fingerprint density at radius 3 is 3.08 bits per heavy atom. The predicted octanol–water partition coefficient (Wildman–Crippen LogP) is 2.13. The zero-order chi connectivity index (χ0) is 9.68. The first-order valence-corrected chi connectivity index (χ1v) is 5.58. The first-order valence-electron chi connectivity index (χ1n) is 4.36. The average Bonchev–Trinajstić information content (AvgIpc) is 2.18. The summed E-state index contributed by atoms with van der Waals surface area (Å²) in [5.41, 5.74) is 1.34. The highest BCUT2D eigenvalue weighted by Crippen LogP contribution is 2.26. The predicted molar refractivity (Wildman–Crippen MR) is 60.6 cm³/mol. The number of terminal acetylenes is 1. The van der Waals surface area contributed by atoms with E-state index in [9.17, 15) is 0 Å². The molecule has 1 heterocycles. The summed E-state index contributed by atoms with van der Waals surface area (Å²) in [6.07, 6.45) is 10.5. The Labute approximate surface area is 84.9 Å². The third-order valence-electron chi connectivity index (χ3n) is 2.21. The molecule has 0 N–H and O–H groups in total. The van der Waals surface area contributed by atoms with Gasteiger partial charge >= 0.3 is 0 Å². The van der Waals surface area contributed by atoms with E-state index in [1.54, 1.807) is 0 Å². The highest BCUT2D eigenvalue weighted by atomic mass is 32.2. The molecule has 1 rings (SSSR count). The SMILES string of the molecule is C#CCN1CCC(SC)=C(C=C)C1. The summed E-state index contributed by atoms with van der Waals surface area (Å²) in [5.74, 6) is 2.68. The van der Waals surface area contributed by atoms with E-state index in [-0.39, 0.29) is 0 Å². The minimum absolute atomic E-state index is 0.749. The minimum atomic E-state index is 0.749. The molecule has 0 aromatic carbocycles. The molecule has 0 amide bonds. The van der Waals surface area contributed by atoms with Gasteiger partial charge in [-0.2, -0.15) is 0 Å². The third-order valence-corrected chi connectivity index (χ3v) is 3.17. The van der Waals surface area contributed by atoms with Crippen LogP contribution in [-0.4, -0.2) is 30.8 Å². The lowest BCUT2D eigenvalue weighted by Gasteiger charge is -2.27. The summed E-state index contributed by atoms with van der Waals surface area (Å²) in [4.78, 5) is 3.74. The summed E-state index contributed by atoms with van der Waals surface area (Å²) >= 11 is 1.83. The minimum Gasteiger partial charge on any atom is -0.288 e. The van der Waals surface area contributed by atoms with E-state index in [1.807, 2.05) is 17.8 Å². The van der Waals surface area contributed by atoms with Crippen LogP contribution in [0, 0.1) is 12.3 Å². The standard InChI is InChI=1S/C11H15NS/c1-4-7-12-8-6-11(13-3)10(5-2)9-12/h1,5H,2,6-9H2,3H3. The maximum atomic E-state index is 5.27. The summed E-state index contributed by atoms with van der Waals surface area (Å²) in [7, 11) is 0. The fraction of sp³-hybridized carbons (Fsp3) is 0.455. The molecule has 0 radical (unpaired) electrons. The van der Waals surface area contributed by atoms with Crippen LogP contribution in [0.2, 0.25) is 0 Å². The Kier molecular flexibility index (Phi) is 4.14. The van der Waals surface area contributed by atoms with Crippen LogP contribution < -0.4 is 0 Å². The van der Waals surface area contributed by atoms with E-state index in [2.05, 4.69) is 23.7 Å². The van der Waals surface area contributed by atoms with Crippen LogP contribution in [-0.2, 0) is 0 Å². The topological polar surface area (TPSA) is 3.24 Å². The quantitative estimate of drug-likeness (QED) is 0.632. The van der Waals surface area contributed by atoms with Crippen molar-refractivity contribution in [3.63, 3.8) is 0 Å². The molecule has 13 heavy (non-hydrogen) atoms. The van der Waals surface area contributed by atoms with Crippen molar-refractivity contribution in [2.24, 2.45) is 0 Å². The molecule has 0 saturated carbocycles. The van der Waals surface area contributed by atoms with Crippen LogP contribution >= 0.6 is 11.8 Å². The van der Waals surface area contributed by atoms with Crippen LogP contribution in [0.5, 0.6) is 0 Å². The lowest BCUT2D eigenvalue weighted by molar-refractivity contribution is 0.327. The van der Waals surface area contributed by atoms with Crippen molar-refractivity contribution >= 4 is 11.8 Å². The zero-order valence-corrected chi connectivity index (χ0v) is 8.86. The second-order valence-corrected chi connectivity index (χ2v) is 3.92. The molecule has 1 aliphatic heterocycles. The molecule has 1 aliphatic rings. The molecule has 70 valence electrons. The van der Waals surface area contributed by atoms with E-state index < -0.39 is 0 Å². The molecule has 0 spiro atoms. The largest absolute Gasteiger partial charge is 0.288 e. The third kappa shape index (κ3) is 2.65. The summed E-state index contributed by atoms with van der Waals surface area (Å²) in [6.45, 7) is 6.62. The van der Waals surface area contributed by atoms with Gasteiger partial charge in [0, 0.05) is 13.1 Å². The van der Waals surface area contributed by atoms with Crippen molar-refractivity contribution in [3.05, 3.63) is 23.1 Å². The Morgan fingerprint density at radius 1 is 1.77 bits per heavy atom. The molecule has 0 saturated heterocycles. The number of rotatable bonds is 3. The van der Waals surface area contributed by atoms with Gasteiger partial charge < -0.3 is 0 Å². The summed E-state index contributed by atoms with van der Waals surface area (Å²) < 4.78 is 0. The van der Waals surface area contributed by atoms with E-state index in [1.165, 1.54) is 10.5 Å². The second-order valence-electron chi connectivity index (χ2n) is 3.02. The molecule has 0 atom stereocenters. The number of hydrogen-bond acceptors (Lipinski definition) is 2. The first-order chi connectivity index (χ1) is 6.31. The molecule has 0 aliphatic carbocycles. The smallest absolute Gasteiger partial charge is 0.0601 e. The van der Waals surface area contributed by atoms with Crippen LogP contribution in [0.4, 0.5) is 0 Å². The van der Waals surface area contributed by atoms with Gasteiger partial charge in [0.2, 0.25) is 0 Å². The summed E-state index contributed by atoms with van der Waals surface area (Å²) in [6, 6.07) is 0. The second kappa shape index (κ2) is 5.16. The van der Waals surface area contributed by atoms with Crippen molar-refractivity contribution in [2.45, 2.75) is 6.42 Å². The Morgan fingerprint density at radius 2 is 2.54 bits per heavy atom. The lowest BCUT2D eigenvalue weighted by atomic mass is 10.1. The van der Waals surface area contributed by atoms with Crippen LogP contribution in [0.1, 0.15) is 6.42 Å². The molecule has 2 heteroatoms. The van der Waals surface area contributed by atoms with Gasteiger partial charge in [-0.25, -0.2) is 0 Å². The normalized spacial score (nSPS) is 18.5. The monoisotopic (exact) mass is 193 g/mol. The Hall–Kier alpha value is -0.650. The van der Waals surface area contributed by atoms with E-state index >= 15 is 0 Å². The van der Waals surface area contributed by atoms with Gasteiger partial charge in [-0.15, -0.1) is 18.2 Å². The van der Waals surface area contributed by atoms with Gasteiger partial charge in [0.05, 0.1) is 6.54 Å². The van der Waals surface area contributed by atoms with Crippen LogP contribution in [0.25, 0.3) is 0 Å². The van der Waals surface area contributed by atoms with E-state index in [4.69, 9.17) is 6.42 Å². The number of nitrogens with zero attached hydrogens (tertiary/aromatic N) is 1. The lowest BCUT2D eigenvalue weighted by Crippen LogP contribution is -2.31. The fourth-order valence-electron chi connectivity index (χ4n) is 1.50. The molecular weight excluding hydrogens is 178 g/mol. The van der Waals surface area contributed by atoms with Gasteiger partial charge in [-0.3, -0.25) is 4.90 Å². The first kappa shape index (κ1) is 10.4. The maximum Gasteiger partial charge on any atom is 0.0601 e.